The Bertz CT molecular complexity index is 570. The van der Waals surface area contributed by atoms with Gasteiger partial charge in [-0.15, -0.1) is 0 Å². The average molecular weight is 207 g/mol. The summed E-state index contributed by atoms with van der Waals surface area (Å²) in [6.07, 6.45) is 1.20. The monoisotopic (exact) mass is 207 g/mol. The van der Waals surface area contributed by atoms with Crippen LogP contribution < -0.4 is 21.9 Å². The number of halogens is 1. The van der Waals surface area contributed by atoms with E-state index < -0.39 is 16.8 Å². The molecule has 0 saturated heterocycles. The predicted molar refractivity (Wildman–Crippen MR) is 53.2 cm³/mol. The van der Waals surface area contributed by atoms with Crippen LogP contribution in [0, 0.1) is 5.95 Å². The van der Waals surface area contributed by atoms with Crippen molar-refractivity contribution in [2.45, 2.75) is 0 Å². The Kier molecular flexibility index (Phi) is 1.96. The SMILES string of the molecule is Nc1c(Nc2ccc(F)nc2)c(=O)c1=O. The summed E-state index contributed by atoms with van der Waals surface area (Å²) in [5, 5.41) is 2.59. The van der Waals surface area contributed by atoms with Crippen molar-refractivity contribution in [1.29, 1.82) is 0 Å². The van der Waals surface area contributed by atoms with E-state index in [1.807, 2.05) is 0 Å². The maximum absolute atomic E-state index is 12.4. The molecular formula is C9H6FN3O2. The molecule has 0 aliphatic rings. The summed E-state index contributed by atoms with van der Waals surface area (Å²) in [5.74, 6) is -0.626. The summed E-state index contributed by atoms with van der Waals surface area (Å²) < 4.78 is 12.4. The molecule has 3 N–H and O–H groups in total. The van der Waals surface area contributed by atoms with Gasteiger partial charge in [-0.05, 0) is 12.1 Å². The Morgan fingerprint density at radius 3 is 2.53 bits per heavy atom. The average Bonchev–Trinajstić information content (AvgIpc) is 2.27. The van der Waals surface area contributed by atoms with Gasteiger partial charge in [0.05, 0.1) is 11.9 Å². The van der Waals surface area contributed by atoms with Crippen molar-refractivity contribution in [3.8, 4) is 0 Å². The molecule has 2 aromatic rings. The molecule has 15 heavy (non-hydrogen) atoms. The third-order valence-corrected chi connectivity index (χ3v) is 1.94. The van der Waals surface area contributed by atoms with Crippen LogP contribution in [-0.2, 0) is 0 Å². The summed E-state index contributed by atoms with van der Waals surface area (Å²) in [6.45, 7) is 0. The third-order valence-electron chi connectivity index (χ3n) is 1.94. The lowest BCUT2D eigenvalue weighted by Gasteiger charge is -2.08. The standard InChI is InChI=1S/C9H6FN3O2/c10-5-2-1-4(3-12-5)13-7-6(11)8(14)9(7)15/h1-3,13H,11H2. The molecule has 76 valence electrons. The minimum absolute atomic E-state index is 0.0356. The molecule has 0 radical (unpaired) electrons. The summed E-state index contributed by atoms with van der Waals surface area (Å²) >= 11 is 0. The number of hydrogen-bond donors (Lipinski definition) is 2. The van der Waals surface area contributed by atoms with E-state index in [9.17, 15) is 14.0 Å². The van der Waals surface area contributed by atoms with Crippen LogP contribution >= 0.6 is 0 Å². The molecule has 2 rings (SSSR count). The second-order valence-electron chi connectivity index (χ2n) is 2.94. The zero-order valence-corrected chi connectivity index (χ0v) is 7.45. The number of nitrogen functional groups attached to an aromatic ring is 1. The van der Waals surface area contributed by atoms with Gasteiger partial charge in [-0.2, -0.15) is 4.39 Å². The highest BCUT2D eigenvalue weighted by molar-refractivity contribution is 5.76. The third kappa shape index (κ3) is 1.45. The second-order valence-corrected chi connectivity index (χ2v) is 2.94. The van der Waals surface area contributed by atoms with Gasteiger partial charge in [0.2, 0.25) is 5.95 Å². The second kappa shape index (κ2) is 3.16. The highest BCUT2D eigenvalue weighted by Crippen LogP contribution is 2.16. The van der Waals surface area contributed by atoms with E-state index >= 15 is 0 Å². The number of nitrogens with zero attached hydrogens (tertiary/aromatic N) is 1. The smallest absolute Gasteiger partial charge is 0.253 e. The summed E-state index contributed by atoms with van der Waals surface area (Å²) in [5.41, 5.74) is 4.24. The molecule has 0 bridgehead atoms. The molecule has 1 heterocycles. The summed E-state index contributed by atoms with van der Waals surface area (Å²) in [6, 6.07) is 2.52. The fraction of sp³-hybridized carbons (Fsp3) is 0. The van der Waals surface area contributed by atoms with Gasteiger partial charge >= 0.3 is 0 Å². The number of anilines is 3. The lowest BCUT2D eigenvalue weighted by molar-refractivity contribution is 0.584. The van der Waals surface area contributed by atoms with Crippen molar-refractivity contribution in [3.63, 3.8) is 0 Å². The first kappa shape index (κ1) is 9.32. The fourth-order valence-corrected chi connectivity index (χ4v) is 1.13. The van der Waals surface area contributed by atoms with Gasteiger partial charge in [0.15, 0.2) is 0 Å². The molecule has 0 fully saturated rings. The molecular weight excluding hydrogens is 201 g/mol. The molecule has 0 aliphatic heterocycles. The van der Waals surface area contributed by atoms with Gasteiger partial charge in [0.25, 0.3) is 10.9 Å². The number of nitrogens with one attached hydrogen (secondary N) is 1. The van der Waals surface area contributed by atoms with Crippen LogP contribution in [0.15, 0.2) is 27.9 Å². The molecule has 0 saturated carbocycles. The van der Waals surface area contributed by atoms with E-state index in [2.05, 4.69) is 10.3 Å². The zero-order valence-electron chi connectivity index (χ0n) is 7.45. The van der Waals surface area contributed by atoms with Crippen molar-refractivity contribution in [1.82, 2.24) is 4.98 Å². The van der Waals surface area contributed by atoms with E-state index in [4.69, 9.17) is 5.73 Å². The van der Waals surface area contributed by atoms with Gasteiger partial charge < -0.3 is 11.1 Å². The van der Waals surface area contributed by atoms with Crippen molar-refractivity contribution >= 4 is 17.1 Å². The number of nitrogens with two attached hydrogens (primary N) is 1. The zero-order chi connectivity index (χ0) is 11.0. The molecule has 0 unspecified atom stereocenters. The number of aromatic nitrogens is 1. The van der Waals surface area contributed by atoms with Crippen LogP contribution in [0.1, 0.15) is 0 Å². The topological polar surface area (TPSA) is 85.1 Å². The minimum atomic E-state index is -0.701. The minimum Gasteiger partial charge on any atom is -0.394 e. The molecule has 6 heteroatoms. The number of rotatable bonds is 2. The largest absolute Gasteiger partial charge is 0.394 e. The van der Waals surface area contributed by atoms with E-state index in [1.54, 1.807) is 0 Å². The summed E-state index contributed by atoms with van der Waals surface area (Å²) in [7, 11) is 0. The molecule has 1 aromatic heterocycles. The Balaban J connectivity index is 2.28. The lowest BCUT2D eigenvalue weighted by Crippen LogP contribution is -2.36. The maximum atomic E-state index is 12.4. The van der Waals surface area contributed by atoms with Crippen LogP contribution in [0.2, 0.25) is 0 Å². The van der Waals surface area contributed by atoms with Crippen LogP contribution in [0.3, 0.4) is 0 Å². The Morgan fingerprint density at radius 1 is 1.27 bits per heavy atom. The Morgan fingerprint density at radius 2 is 2.00 bits per heavy atom. The normalized spacial score (nSPS) is 10.5. The van der Waals surface area contributed by atoms with Gasteiger partial charge in [-0.3, -0.25) is 9.59 Å². The summed E-state index contributed by atoms with van der Waals surface area (Å²) in [4.78, 5) is 25.1. The first-order valence-corrected chi connectivity index (χ1v) is 4.07. The number of pyridine rings is 1. The van der Waals surface area contributed by atoms with Crippen LogP contribution in [0.4, 0.5) is 21.5 Å². The quantitative estimate of drug-likeness (QED) is 0.540. The number of hydrogen-bond acceptors (Lipinski definition) is 5. The van der Waals surface area contributed by atoms with Gasteiger partial charge in [0.1, 0.15) is 11.4 Å². The van der Waals surface area contributed by atoms with Crippen molar-refractivity contribution in [2.75, 3.05) is 11.1 Å². The van der Waals surface area contributed by atoms with Crippen molar-refractivity contribution in [2.24, 2.45) is 0 Å². The maximum Gasteiger partial charge on any atom is 0.253 e. The molecule has 0 atom stereocenters. The molecule has 0 spiro atoms. The highest BCUT2D eigenvalue weighted by Gasteiger charge is 2.17. The molecule has 0 amide bonds. The molecule has 1 aromatic carbocycles. The Labute approximate surface area is 83.1 Å². The van der Waals surface area contributed by atoms with Gasteiger partial charge in [0, 0.05) is 0 Å². The first-order chi connectivity index (χ1) is 7.09. The van der Waals surface area contributed by atoms with Crippen LogP contribution in [0.25, 0.3) is 0 Å². The van der Waals surface area contributed by atoms with E-state index in [0.717, 1.165) is 6.07 Å². The van der Waals surface area contributed by atoms with Crippen LogP contribution in [0.5, 0.6) is 0 Å². The first-order valence-electron chi connectivity index (χ1n) is 4.07. The molecule has 5 nitrogen and oxygen atoms in total. The van der Waals surface area contributed by atoms with E-state index in [1.165, 1.54) is 12.3 Å². The highest BCUT2D eigenvalue weighted by atomic mass is 19.1. The fourth-order valence-electron chi connectivity index (χ4n) is 1.13. The van der Waals surface area contributed by atoms with Crippen molar-refractivity contribution in [3.05, 3.63) is 44.7 Å². The molecule has 0 aliphatic carbocycles. The lowest BCUT2D eigenvalue weighted by atomic mass is 10.2. The van der Waals surface area contributed by atoms with E-state index in [0.29, 0.717) is 5.69 Å². The van der Waals surface area contributed by atoms with Crippen molar-refractivity contribution < 1.29 is 4.39 Å². The van der Waals surface area contributed by atoms with Crippen LogP contribution in [-0.4, -0.2) is 4.98 Å². The Hall–Kier alpha value is -2.24. The van der Waals surface area contributed by atoms with Gasteiger partial charge in [-0.1, -0.05) is 0 Å². The van der Waals surface area contributed by atoms with Gasteiger partial charge in [-0.25, -0.2) is 4.98 Å². The predicted octanol–water partition coefficient (Wildman–Crippen LogP) is 0.142. The van der Waals surface area contributed by atoms with E-state index in [-0.39, 0.29) is 11.4 Å².